The highest BCUT2D eigenvalue weighted by atomic mass is 32.1. The van der Waals surface area contributed by atoms with Crippen molar-refractivity contribution in [3.05, 3.63) is 161 Å². The van der Waals surface area contributed by atoms with Gasteiger partial charge in [-0.05, 0) is 68.8 Å². The third kappa shape index (κ3) is 3.78. The minimum Gasteiger partial charge on any atom is -0.272 e. The van der Waals surface area contributed by atoms with Crippen LogP contribution in [-0.2, 0) is 6.42 Å². The van der Waals surface area contributed by atoms with Gasteiger partial charge in [0.05, 0.1) is 21.2 Å². The number of aromatic nitrogens is 1. The Hall–Kier alpha value is -5.14. The molecule has 42 heavy (non-hydrogen) atoms. The van der Waals surface area contributed by atoms with E-state index in [2.05, 4.69) is 42.5 Å². The number of non-ortho nitro benzene ring substituents is 1. The summed E-state index contributed by atoms with van der Waals surface area (Å²) in [6, 6.07) is 33.1. The molecule has 0 fully saturated rings. The second-order valence-corrected chi connectivity index (χ2v) is 11.7. The first-order valence-corrected chi connectivity index (χ1v) is 14.7. The van der Waals surface area contributed by atoms with Crippen LogP contribution in [-0.4, -0.2) is 9.49 Å². The highest BCUT2D eigenvalue weighted by Gasteiger charge is 2.33. The number of allylic oxidation sites excluding steroid dienone is 1. The SMILES string of the molecule is O=c1/c(=C\c2c3ccccc3cc3ccccc23)sc2n1C(c1cccc([N+](=O)[O-])c1)C1=C(N=2)c2ccccc2CC1. The maximum Gasteiger partial charge on any atom is 0.271 e. The lowest BCUT2D eigenvalue weighted by molar-refractivity contribution is -0.384. The van der Waals surface area contributed by atoms with Crippen LogP contribution < -0.4 is 14.9 Å². The van der Waals surface area contributed by atoms with Crippen molar-refractivity contribution in [2.75, 3.05) is 0 Å². The predicted molar refractivity (Wildman–Crippen MR) is 167 cm³/mol. The zero-order chi connectivity index (χ0) is 28.4. The lowest BCUT2D eigenvalue weighted by Gasteiger charge is -2.30. The largest absolute Gasteiger partial charge is 0.272 e. The number of hydrogen-bond acceptors (Lipinski definition) is 5. The van der Waals surface area contributed by atoms with Crippen molar-refractivity contribution in [2.24, 2.45) is 4.99 Å². The van der Waals surface area contributed by atoms with E-state index in [1.54, 1.807) is 16.7 Å². The second kappa shape index (κ2) is 9.46. The molecule has 8 rings (SSSR count). The summed E-state index contributed by atoms with van der Waals surface area (Å²) in [5, 5.41) is 16.1. The summed E-state index contributed by atoms with van der Waals surface area (Å²) in [6.45, 7) is 0. The Morgan fingerprint density at radius 3 is 2.33 bits per heavy atom. The highest BCUT2D eigenvalue weighted by molar-refractivity contribution is 7.07. The van der Waals surface area contributed by atoms with Crippen molar-refractivity contribution >= 4 is 50.3 Å². The Morgan fingerprint density at radius 1 is 0.857 bits per heavy atom. The molecule has 6 nitrogen and oxygen atoms in total. The molecule has 0 N–H and O–H groups in total. The lowest BCUT2D eigenvalue weighted by atomic mass is 9.83. The van der Waals surface area contributed by atoms with Crippen molar-refractivity contribution in [3.63, 3.8) is 0 Å². The molecule has 1 aliphatic heterocycles. The molecular formula is C35H23N3O3S. The number of hydrogen-bond donors (Lipinski definition) is 0. The second-order valence-electron chi connectivity index (χ2n) is 10.7. The van der Waals surface area contributed by atoms with Crippen LogP contribution in [0.2, 0.25) is 0 Å². The number of nitro benzene ring substituents is 1. The lowest BCUT2D eigenvalue weighted by Crippen LogP contribution is -2.38. The molecule has 1 aromatic heterocycles. The first kappa shape index (κ1) is 24.6. The zero-order valence-electron chi connectivity index (χ0n) is 22.4. The van der Waals surface area contributed by atoms with E-state index in [1.165, 1.54) is 23.0 Å². The summed E-state index contributed by atoms with van der Waals surface area (Å²) in [4.78, 5) is 31.4. The van der Waals surface area contributed by atoms with Gasteiger partial charge in [0.1, 0.15) is 0 Å². The molecule has 0 saturated carbocycles. The van der Waals surface area contributed by atoms with Gasteiger partial charge < -0.3 is 0 Å². The number of aryl methyl sites for hydroxylation is 1. The molecule has 0 spiro atoms. The predicted octanol–water partition coefficient (Wildman–Crippen LogP) is 6.53. The summed E-state index contributed by atoms with van der Waals surface area (Å²) in [7, 11) is 0. The summed E-state index contributed by atoms with van der Waals surface area (Å²) in [5.41, 5.74) is 5.75. The first-order chi connectivity index (χ1) is 20.6. The van der Waals surface area contributed by atoms with Crippen LogP contribution in [0, 0.1) is 10.1 Å². The Balaban J connectivity index is 1.43. The molecule has 5 aromatic carbocycles. The van der Waals surface area contributed by atoms with E-state index in [0.29, 0.717) is 14.9 Å². The highest BCUT2D eigenvalue weighted by Crippen LogP contribution is 2.41. The van der Waals surface area contributed by atoms with Crippen molar-refractivity contribution in [1.82, 2.24) is 4.57 Å². The fourth-order valence-electron chi connectivity index (χ4n) is 6.47. The van der Waals surface area contributed by atoms with Crippen molar-refractivity contribution in [3.8, 4) is 0 Å². The molecule has 0 bridgehead atoms. The monoisotopic (exact) mass is 565 g/mol. The number of nitro groups is 1. The first-order valence-electron chi connectivity index (χ1n) is 13.8. The van der Waals surface area contributed by atoms with Crippen LogP contribution in [0.3, 0.4) is 0 Å². The van der Waals surface area contributed by atoms with Gasteiger partial charge in [0.15, 0.2) is 4.80 Å². The fraction of sp³-hybridized carbons (Fsp3) is 0.0857. The smallest absolute Gasteiger partial charge is 0.271 e. The fourth-order valence-corrected chi connectivity index (χ4v) is 7.45. The molecular weight excluding hydrogens is 542 g/mol. The van der Waals surface area contributed by atoms with Crippen LogP contribution in [0.5, 0.6) is 0 Å². The van der Waals surface area contributed by atoms with Crippen LogP contribution in [0.25, 0.3) is 33.3 Å². The van der Waals surface area contributed by atoms with Gasteiger partial charge in [0, 0.05) is 17.7 Å². The van der Waals surface area contributed by atoms with Gasteiger partial charge in [-0.25, -0.2) is 4.99 Å². The Bertz CT molecular complexity index is 2280. The quantitative estimate of drug-likeness (QED) is 0.139. The molecule has 2 aliphatic rings. The van der Waals surface area contributed by atoms with Gasteiger partial charge in [-0.3, -0.25) is 19.5 Å². The van der Waals surface area contributed by atoms with E-state index in [1.807, 2.05) is 48.5 Å². The van der Waals surface area contributed by atoms with Gasteiger partial charge in [0.2, 0.25) is 0 Å². The van der Waals surface area contributed by atoms with Crippen LogP contribution >= 0.6 is 11.3 Å². The minimum absolute atomic E-state index is 0.00668. The van der Waals surface area contributed by atoms with Crippen LogP contribution in [0.15, 0.2) is 118 Å². The van der Waals surface area contributed by atoms with Crippen LogP contribution in [0.1, 0.15) is 34.7 Å². The topological polar surface area (TPSA) is 77.5 Å². The number of fused-ring (bicyclic) bond motifs is 5. The van der Waals surface area contributed by atoms with Gasteiger partial charge in [0.25, 0.3) is 11.2 Å². The maximum atomic E-state index is 14.3. The molecule has 0 amide bonds. The normalized spacial score (nSPS) is 16.2. The van der Waals surface area contributed by atoms with E-state index in [4.69, 9.17) is 4.99 Å². The van der Waals surface area contributed by atoms with Gasteiger partial charge >= 0.3 is 0 Å². The van der Waals surface area contributed by atoms with Crippen LogP contribution in [0.4, 0.5) is 5.69 Å². The van der Waals surface area contributed by atoms with E-state index in [9.17, 15) is 14.9 Å². The minimum atomic E-state index is -0.476. The summed E-state index contributed by atoms with van der Waals surface area (Å²) in [6.07, 6.45) is 3.54. The molecule has 1 unspecified atom stereocenters. The molecule has 2 heterocycles. The number of benzene rings is 5. The van der Waals surface area contributed by atoms with Gasteiger partial charge in [-0.1, -0.05) is 96.3 Å². The van der Waals surface area contributed by atoms with E-state index in [0.717, 1.165) is 56.8 Å². The molecule has 1 aliphatic carbocycles. The third-order valence-electron chi connectivity index (χ3n) is 8.36. The Morgan fingerprint density at radius 2 is 1.57 bits per heavy atom. The van der Waals surface area contributed by atoms with E-state index < -0.39 is 6.04 Å². The molecule has 1 atom stereocenters. The van der Waals surface area contributed by atoms with Crippen molar-refractivity contribution in [1.29, 1.82) is 0 Å². The summed E-state index contributed by atoms with van der Waals surface area (Å²) < 4.78 is 2.33. The number of thiazole rings is 1. The van der Waals surface area contributed by atoms with E-state index >= 15 is 0 Å². The summed E-state index contributed by atoms with van der Waals surface area (Å²) >= 11 is 1.37. The average Bonchev–Trinajstić information content (AvgIpc) is 3.33. The molecule has 0 saturated heterocycles. The molecule has 202 valence electrons. The molecule has 6 aromatic rings. The molecule has 0 radical (unpaired) electrons. The average molecular weight is 566 g/mol. The third-order valence-corrected chi connectivity index (χ3v) is 9.34. The summed E-state index contributed by atoms with van der Waals surface area (Å²) in [5.74, 6) is 0. The van der Waals surface area contributed by atoms with Crippen molar-refractivity contribution in [2.45, 2.75) is 18.9 Å². The molecule has 7 heteroatoms. The zero-order valence-corrected chi connectivity index (χ0v) is 23.2. The van der Waals surface area contributed by atoms with E-state index in [-0.39, 0.29) is 16.2 Å². The number of nitrogens with zero attached hydrogens (tertiary/aromatic N) is 3. The standard InChI is InChI=1S/C35H23N3O3S/c39-34-31(20-30-26-13-4-2-9-22(26)18-23-10-3-5-14-27(23)30)42-35-36-32-28-15-6-1-8-21(28)16-17-29(32)33(37(34)35)24-11-7-12-25(19-24)38(40)41/h1-15,18-20,33H,16-17H2/b31-20+. The van der Waals surface area contributed by atoms with Crippen molar-refractivity contribution < 1.29 is 4.92 Å². The van der Waals surface area contributed by atoms with Gasteiger partial charge in [-0.2, -0.15) is 0 Å². The maximum absolute atomic E-state index is 14.3. The Labute approximate surface area is 244 Å². The number of rotatable bonds is 3. The Kier molecular flexibility index (Phi) is 5.55. The van der Waals surface area contributed by atoms with Gasteiger partial charge in [-0.15, -0.1) is 0 Å².